The van der Waals surface area contributed by atoms with Crippen LogP contribution in [0, 0.1) is 11.8 Å². The predicted molar refractivity (Wildman–Crippen MR) is 127 cm³/mol. The van der Waals surface area contributed by atoms with E-state index >= 15 is 0 Å². The smallest absolute Gasteiger partial charge is 0.355 e. The van der Waals surface area contributed by atoms with Crippen molar-refractivity contribution < 1.29 is 24.2 Å². The fourth-order valence-corrected chi connectivity index (χ4v) is 5.78. The van der Waals surface area contributed by atoms with Gasteiger partial charge in [0.15, 0.2) is 0 Å². The molecule has 3 heterocycles. The van der Waals surface area contributed by atoms with Crippen molar-refractivity contribution in [2.45, 2.75) is 39.0 Å². The largest absolute Gasteiger partial charge is 0.497 e. The highest BCUT2D eigenvalue weighted by atomic mass is 32.2. The number of carbonyl (C=O) groups excluding carboxylic acids is 2. The fourth-order valence-electron chi connectivity index (χ4n) is 4.78. The Morgan fingerprint density at radius 3 is 2.64 bits per heavy atom. The van der Waals surface area contributed by atoms with Crippen LogP contribution in [0.2, 0.25) is 0 Å². The van der Waals surface area contributed by atoms with Gasteiger partial charge in [0.25, 0.3) is 0 Å². The van der Waals surface area contributed by atoms with E-state index in [-0.39, 0.29) is 24.5 Å². The summed E-state index contributed by atoms with van der Waals surface area (Å²) in [5, 5.41) is 10.2. The first-order chi connectivity index (χ1) is 16.0. The standard InChI is InChI=1S/C25H30N2O5S/c1-4-19-20(15-33-26-12-6-5-7-13-26)23(27-22(19)21(16(2)28)24(27)29)25(30)32-14-17-8-10-18(31-3)11-9-17/h5-12,16,19,21-22,28H,4,13-15H2,1-3H3/t16?,19?,21-,22+/m0/s1. The molecule has 0 radical (unpaired) electrons. The second-order valence-corrected chi connectivity index (χ2v) is 9.44. The Labute approximate surface area is 198 Å². The number of ether oxygens (including phenoxy) is 2. The average molecular weight is 471 g/mol. The van der Waals surface area contributed by atoms with E-state index in [9.17, 15) is 14.7 Å². The molecule has 0 bridgehead atoms. The minimum absolute atomic E-state index is 0.0163. The van der Waals surface area contributed by atoms with Crippen LogP contribution in [-0.2, 0) is 20.9 Å². The summed E-state index contributed by atoms with van der Waals surface area (Å²) in [7, 11) is 1.60. The van der Waals surface area contributed by atoms with Crippen LogP contribution in [0.3, 0.4) is 0 Å². The van der Waals surface area contributed by atoms with Crippen LogP contribution < -0.4 is 4.74 Å². The van der Waals surface area contributed by atoms with Crippen molar-refractivity contribution in [2.75, 3.05) is 19.4 Å². The summed E-state index contributed by atoms with van der Waals surface area (Å²) >= 11 is 1.61. The predicted octanol–water partition coefficient (Wildman–Crippen LogP) is 3.27. The van der Waals surface area contributed by atoms with Gasteiger partial charge in [-0.25, -0.2) is 4.79 Å². The molecule has 1 N–H and O–H groups in total. The first-order valence-corrected chi connectivity index (χ1v) is 12.2. The minimum atomic E-state index is -0.758. The Hall–Kier alpha value is -2.71. The van der Waals surface area contributed by atoms with E-state index in [0.29, 0.717) is 11.4 Å². The molecule has 0 spiro atoms. The number of hydrogen-bond donors (Lipinski definition) is 1. The number of amides is 1. The van der Waals surface area contributed by atoms with Gasteiger partial charge >= 0.3 is 5.97 Å². The Balaban J connectivity index is 1.55. The number of esters is 1. The van der Waals surface area contributed by atoms with Gasteiger partial charge in [0.05, 0.1) is 25.2 Å². The van der Waals surface area contributed by atoms with E-state index in [0.717, 1.165) is 29.9 Å². The summed E-state index contributed by atoms with van der Waals surface area (Å²) in [6.45, 7) is 4.59. The molecule has 2 unspecified atom stereocenters. The van der Waals surface area contributed by atoms with Gasteiger partial charge in [-0.05, 0) is 54.6 Å². The van der Waals surface area contributed by atoms with Crippen molar-refractivity contribution in [2.24, 2.45) is 11.8 Å². The third kappa shape index (κ3) is 4.54. The second-order valence-electron chi connectivity index (χ2n) is 8.42. The minimum Gasteiger partial charge on any atom is -0.497 e. The molecule has 1 aromatic rings. The highest BCUT2D eigenvalue weighted by molar-refractivity contribution is 7.97. The molecule has 1 saturated heterocycles. The van der Waals surface area contributed by atoms with Gasteiger partial charge in [0.1, 0.15) is 18.1 Å². The molecule has 4 rings (SSSR count). The molecule has 3 aliphatic heterocycles. The monoisotopic (exact) mass is 470 g/mol. The van der Waals surface area contributed by atoms with Crippen LogP contribution in [0.4, 0.5) is 0 Å². The number of hydrogen-bond acceptors (Lipinski definition) is 7. The molecular formula is C25H30N2O5S. The average Bonchev–Trinajstić information content (AvgIpc) is 3.11. The number of β-lactam (4-membered cyclic amide) rings is 1. The summed E-state index contributed by atoms with van der Waals surface area (Å²) < 4.78 is 12.9. The normalized spacial score (nSPS) is 24.6. The van der Waals surface area contributed by atoms with Gasteiger partial charge in [-0.1, -0.05) is 31.2 Å². The molecule has 7 nitrogen and oxygen atoms in total. The number of allylic oxidation sites excluding steroid dienone is 2. The van der Waals surface area contributed by atoms with Crippen molar-refractivity contribution in [3.63, 3.8) is 0 Å². The maximum atomic E-state index is 13.3. The Bertz CT molecular complexity index is 985. The Morgan fingerprint density at radius 1 is 1.27 bits per heavy atom. The molecule has 0 aliphatic carbocycles. The number of benzene rings is 1. The van der Waals surface area contributed by atoms with Gasteiger partial charge in [-0.15, -0.1) is 0 Å². The van der Waals surface area contributed by atoms with Gasteiger partial charge in [0.2, 0.25) is 5.91 Å². The number of nitrogens with zero attached hydrogens (tertiary/aromatic N) is 2. The first-order valence-electron chi connectivity index (χ1n) is 11.2. The van der Waals surface area contributed by atoms with Crippen molar-refractivity contribution in [3.8, 4) is 5.75 Å². The van der Waals surface area contributed by atoms with E-state index in [4.69, 9.17) is 9.47 Å². The number of methoxy groups -OCH3 is 1. The van der Waals surface area contributed by atoms with Crippen molar-refractivity contribution in [1.29, 1.82) is 0 Å². The van der Waals surface area contributed by atoms with Crippen LogP contribution in [0.5, 0.6) is 5.75 Å². The molecule has 1 fully saturated rings. The SMILES string of the molecule is CCC1C(CSN2C=CC=CC2)=C(C(=O)OCc2ccc(OC)cc2)N2C(=O)[C@@H](C(C)O)[C@@H]12. The zero-order valence-corrected chi connectivity index (χ0v) is 20.0. The van der Waals surface area contributed by atoms with E-state index in [1.807, 2.05) is 42.6 Å². The first kappa shape index (κ1) is 23.4. The zero-order valence-electron chi connectivity index (χ0n) is 19.1. The summed E-state index contributed by atoms with van der Waals surface area (Å²) in [5.41, 5.74) is 2.11. The maximum Gasteiger partial charge on any atom is 0.355 e. The lowest BCUT2D eigenvalue weighted by Crippen LogP contribution is -2.63. The van der Waals surface area contributed by atoms with E-state index in [2.05, 4.69) is 17.3 Å². The quantitative estimate of drug-likeness (QED) is 0.337. The van der Waals surface area contributed by atoms with Gasteiger partial charge < -0.3 is 23.8 Å². The number of carbonyl (C=O) groups is 2. The molecule has 1 amide bonds. The Kier molecular flexibility index (Phi) is 7.14. The third-order valence-electron chi connectivity index (χ3n) is 6.45. The lowest BCUT2D eigenvalue weighted by Gasteiger charge is -2.47. The van der Waals surface area contributed by atoms with Crippen LogP contribution in [0.15, 0.2) is 60.0 Å². The molecule has 3 aliphatic rings. The van der Waals surface area contributed by atoms with E-state index < -0.39 is 18.0 Å². The lowest BCUT2D eigenvalue weighted by atomic mass is 9.76. The summed E-state index contributed by atoms with van der Waals surface area (Å²) in [6.07, 6.45) is 8.06. The summed E-state index contributed by atoms with van der Waals surface area (Å²) in [6, 6.07) is 7.13. The zero-order chi connectivity index (χ0) is 23.5. The van der Waals surface area contributed by atoms with E-state index in [1.165, 1.54) is 0 Å². The highest BCUT2D eigenvalue weighted by Crippen LogP contribution is 2.49. The topological polar surface area (TPSA) is 79.3 Å². The molecule has 0 saturated carbocycles. The van der Waals surface area contributed by atoms with Crippen LogP contribution in [-0.4, -0.2) is 57.7 Å². The van der Waals surface area contributed by atoms with Gasteiger partial charge in [-0.3, -0.25) is 4.79 Å². The third-order valence-corrected chi connectivity index (χ3v) is 7.49. The molecule has 8 heteroatoms. The number of rotatable bonds is 9. The Morgan fingerprint density at radius 2 is 2.03 bits per heavy atom. The number of fused-ring (bicyclic) bond motifs is 1. The fraction of sp³-hybridized carbons (Fsp3) is 0.440. The molecule has 176 valence electrons. The lowest BCUT2D eigenvalue weighted by molar-refractivity contribution is -0.164. The molecule has 0 aromatic heterocycles. The van der Waals surface area contributed by atoms with Crippen LogP contribution in [0.1, 0.15) is 25.8 Å². The van der Waals surface area contributed by atoms with Crippen molar-refractivity contribution in [3.05, 3.63) is 65.5 Å². The number of aliphatic hydroxyl groups excluding tert-OH is 1. The van der Waals surface area contributed by atoms with Gasteiger partial charge in [-0.2, -0.15) is 0 Å². The van der Waals surface area contributed by atoms with Crippen molar-refractivity contribution >= 4 is 23.8 Å². The molecule has 1 aromatic carbocycles. The summed E-state index contributed by atoms with van der Waals surface area (Å²) in [5.74, 6) is 0.145. The van der Waals surface area contributed by atoms with Crippen LogP contribution in [0.25, 0.3) is 0 Å². The van der Waals surface area contributed by atoms with E-state index in [1.54, 1.807) is 30.9 Å². The second kappa shape index (κ2) is 10.1. The van der Waals surface area contributed by atoms with Gasteiger partial charge in [0, 0.05) is 24.4 Å². The van der Waals surface area contributed by atoms with Crippen molar-refractivity contribution in [1.82, 2.24) is 9.21 Å². The molecule has 33 heavy (non-hydrogen) atoms. The molecular weight excluding hydrogens is 440 g/mol. The molecule has 4 atom stereocenters. The highest BCUT2D eigenvalue weighted by Gasteiger charge is 2.60. The summed E-state index contributed by atoms with van der Waals surface area (Å²) in [4.78, 5) is 27.8. The maximum absolute atomic E-state index is 13.3. The number of aliphatic hydroxyl groups is 1. The van der Waals surface area contributed by atoms with Crippen LogP contribution >= 0.6 is 11.9 Å².